The summed E-state index contributed by atoms with van der Waals surface area (Å²) in [5.41, 5.74) is 3.93. The molecule has 21 heavy (non-hydrogen) atoms. The number of hydrogen-bond donors (Lipinski definition) is 2. The van der Waals surface area contributed by atoms with Gasteiger partial charge in [0.05, 0.1) is 10.6 Å². The van der Waals surface area contributed by atoms with E-state index in [0.717, 1.165) is 38.2 Å². The first kappa shape index (κ1) is 15.5. The van der Waals surface area contributed by atoms with Crippen LogP contribution in [0.25, 0.3) is 0 Å². The number of non-ortho nitro benzene ring substituents is 1. The van der Waals surface area contributed by atoms with Crippen LogP contribution in [0.2, 0.25) is 0 Å². The zero-order valence-corrected chi connectivity index (χ0v) is 12.6. The number of benzene rings is 1. The number of nitrogens with zero attached hydrogens (tertiary/aromatic N) is 3. The van der Waals surface area contributed by atoms with Gasteiger partial charge in [-0.3, -0.25) is 16.0 Å². The lowest BCUT2D eigenvalue weighted by molar-refractivity contribution is -0.384. The van der Waals surface area contributed by atoms with Crippen LogP contribution in [0.3, 0.4) is 0 Å². The maximum Gasteiger partial charge on any atom is 0.273 e. The maximum absolute atomic E-state index is 11.0. The minimum atomic E-state index is -0.391. The van der Waals surface area contributed by atoms with Crippen LogP contribution in [0.5, 0.6) is 0 Å². The van der Waals surface area contributed by atoms with E-state index >= 15 is 0 Å². The summed E-state index contributed by atoms with van der Waals surface area (Å²) in [6, 6.07) is 5.30. The van der Waals surface area contributed by atoms with E-state index in [1.165, 1.54) is 6.07 Å². The third-order valence-corrected chi connectivity index (χ3v) is 4.24. The monoisotopic (exact) mass is 293 g/mol. The van der Waals surface area contributed by atoms with Gasteiger partial charge in [0, 0.05) is 44.0 Å². The Bertz CT molecular complexity index is 500. The molecule has 1 aromatic carbocycles. The first-order chi connectivity index (χ1) is 10.0. The van der Waals surface area contributed by atoms with E-state index in [1.807, 2.05) is 13.1 Å². The van der Waals surface area contributed by atoms with Gasteiger partial charge in [0.1, 0.15) is 0 Å². The second-order valence-corrected chi connectivity index (χ2v) is 5.42. The molecule has 7 nitrogen and oxygen atoms in total. The highest BCUT2D eigenvalue weighted by atomic mass is 16.6. The van der Waals surface area contributed by atoms with E-state index in [-0.39, 0.29) is 5.69 Å². The van der Waals surface area contributed by atoms with E-state index < -0.39 is 4.92 Å². The Morgan fingerprint density at radius 2 is 2.10 bits per heavy atom. The molecule has 1 heterocycles. The molecule has 1 aliphatic heterocycles. The lowest BCUT2D eigenvalue weighted by Gasteiger charge is -2.37. The molecule has 0 saturated carbocycles. The van der Waals surface area contributed by atoms with Gasteiger partial charge in [0.2, 0.25) is 0 Å². The van der Waals surface area contributed by atoms with Crippen LogP contribution in [-0.2, 0) is 0 Å². The van der Waals surface area contributed by atoms with Gasteiger partial charge in [0.15, 0.2) is 0 Å². The fourth-order valence-corrected chi connectivity index (χ4v) is 2.82. The van der Waals surface area contributed by atoms with Crippen LogP contribution in [0.1, 0.15) is 19.8 Å². The molecular weight excluding hydrogens is 270 g/mol. The van der Waals surface area contributed by atoms with Gasteiger partial charge in [-0.2, -0.15) is 0 Å². The second-order valence-electron chi connectivity index (χ2n) is 5.42. The lowest BCUT2D eigenvalue weighted by Crippen LogP contribution is -2.43. The van der Waals surface area contributed by atoms with Gasteiger partial charge in [0.25, 0.3) is 5.69 Å². The highest BCUT2D eigenvalue weighted by Crippen LogP contribution is 2.29. The molecule has 0 amide bonds. The molecule has 0 aromatic heterocycles. The van der Waals surface area contributed by atoms with Crippen LogP contribution < -0.4 is 16.2 Å². The summed E-state index contributed by atoms with van der Waals surface area (Å²) in [7, 11) is 1.99. The fourth-order valence-electron chi connectivity index (χ4n) is 2.82. The fraction of sp³-hybridized carbons (Fsp3) is 0.571. The zero-order chi connectivity index (χ0) is 15.4. The first-order valence-corrected chi connectivity index (χ1v) is 7.26. The smallest absolute Gasteiger partial charge is 0.273 e. The molecule has 0 bridgehead atoms. The first-order valence-electron chi connectivity index (χ1n) is 7.26. The average molecular weight is 293 g/mol. The molecule has 116 valence electrons. The van der Waals surface area contributed by atoms with Gasteiger partial charge in [-0.25, -0.2) is 0 Å². The van der Waals surface area contributed by atoms with E-state index in [9.17, 15) is 10.1 Å². The minimum absolute atomic E-state index is 0.0540. The number of nitro groups is 1. The Balaban J connectivity index is 2.16. The summed E-state index contributed by atoms with van der Waals surface area (Å²) in [5, 5.41) is 11.0. The Morgan fingerprint density at radius 1 is 1.43 bits per heavy atom. The molecule has 2 rings (SSSR count). The largest absolute Gasteiger partial charge is 0.371 e. The minimum Gasteiger partial charge on any atom is -0.371 e. The van der Waals surface area contributed by atoms with Crippen molar-refractivity contribution in [2.75, 3.05) is 37.0 Å². The van der Waals surface area contributed by atoms with Gasteiger partial charge >= 0.3 is 0 Å². The van der Waals surface area contributed by atoms with Crippen LogP contribution in [0.4, 0.5) is 17.1 Å². The molecule has 3 N–H and O–H groups in total. The maximum atomic E-state index is 11.0. The second kappa shape index (κ2) is 6.73. The van der Waals surface area contributed by atoms with E-state index in [4.69, 9.17) is 5.84 Å². The predicted octanol–water partition coefficient (Wildman–Crippen LogP) is 1.80. The van der Waals surface area contributed by atoms with Crippen molar-refractivity contribution in [3.8, 4) is 0 Å². The van der Waals surface area contributed by atoms with Gasteiger partial charge in [-0.15, -0.1) is 0 Å². The SMILES string of the molecule is CCN1CCC(N(C)c2cc(NN)cc([N+](=O)[O-])c2)CC1. The molecule has 0 spiro atoms. The quantitative estimate of drug-likeness (QED) is 0.489. The van der Waals surface area contributed by atoms with Crippen LogP contribution in [-0.4, -0.2) is 42.5 Å². The molecule has 1 aromatic rings. The van der Waals surface area contributed by atoms with Crippen molar-refractivity contribution in [1.82, 2.24) is 4.90 Å². The van der Waals surface area contributed by atoms with Crippen LogP contribution >= 0.6 is 0 Å². The summed E-state index contributed by atoms with van der Waals surface area (Å²) in [6.45, 7) is 5.39. The van der Waals surface area contributed by atoms with E-state index in [1.54, 1.807) is 6.07 Å². The number of nitrogen functional groups attached to an aromatic ring is 1. The third-order valence-electron chi connectivity index (χ3n) is 4.24. The van der Waals surface area contributed by atoms with Crippen molar-refractivity contribution in [3.05, 3.63) is 28.3 Å². The normalized spacial score (nSPS) is 16.7. The number of nitro benzene ring substituents is 1. The summed E-state index contributed by atoms with van der Waals surface area (Å²) in [6.07, 6.45) is 2.14. The molecule has 0 unspecified atom stereocenters. The third kappa shape index (κ3) is 3.62. The van der Waals surface area contributed by atoms with Crippen molar-refractivity contribution in [2.45, 2.75) is 25.8 Å². The van der Waals surface area contributed by atoms with Crippen molar-refractivity contribution in [2.24, 2.45) is 5.84 Å². The van der Waals surface area contributed by atoms with Crippen molar-refractivity contribution in [3.63, 3.8) is 0 Å². The number of piperidine rings is 1. The van der Waals surface area contributed by atoms with Crippen LogP contribution in [0.15, 0.2) is 18.2 Å². The van der Waals surface area contributed by atoms with Crippen molar-refractivity contribution < 1.29 is 4.92 Å². The summed E-state index contributed by atoms with van der Waals surface area (Å²) < 4.78 is 0. The molecule has 1 fully saturated rings. The topological polar surface area (TPSA) is 87.7 Å². The Kier molecular flexibility index (Phi) is 4.98. The highest BCUT2D eigenvalue weighted by molar-refractivity contribution is 5.64. The number of anilines is 2. The molecule has 1 saturated heterocycles. The van der Waals surface area contributed by atoms with Crippen molar-refractivity contribution >= 4 is 17.1 Å². The van der Waals surface area contributed by atoms with Crippen LogP contribution in [0, 0.1) is 10.1 Å². The van der Waals surface area contributed by atoms with Crippen molar-refractivity contribution in [1.29, 1.82) is 0 Å². The standard InChI is InChI=1S/C14H23N5O2/c1-3-18-6-4-12(5-7-18)17(2)13-8-11(16-15)9-14(10-13)19(20)21/h8-10,12,16H,3-7,15H2,1-2H3. The number of hydrazine groups is 1. The lowest BCUT2D eigenvalue weighted by atomic mass is 10.0. The molecular formula is C14H23N5O2. The number of likely N-dealkylation sites (tertiary alicyclic amines) is 1. The zero-order valence-electron chi connectivity index (χ0n) is 12.6. The Hall–Kier alpha value is -1.86. The van der Waals surface area contributed by atoms with E-state index in [0.29, 0.717) is 11.7 Å². The average Bonchev–Trinajstić information content (AvgIpc) is 2.53. The predicted molar refractivity (Wildman–Crippen MR) is 84.4 cm³/mol. The Morgan fingerprint density at radius 3 is 2.62 bits per heavy atom. The van der Waals surface area contributed by atoms with E-state index in [2.05, 4.69) is 22.1 Å². The number of hydrogen-bond acceptors (Lipinski definition) is 6. The van der Waals surface area contributed by atoms with Gasteiger partial charge in [-0.1, -0.05) is 6.92 Å². The van der Waals surface area contributed by atoms with Gasteiger partial charge < -0.3 is 15.2 Å². The molecule has 0 aliphatic carbocycles. The summed E-state index contributed by atoms with van der Waals surface area (Å²) in [5.74, 6) is 5.40. The number of nitrogens with one attached hydrogen (secondary N) is 1. The number of rotatable bonds is 5. The summed E-state index contributed by atoms with van der Waals surface area (Å²) >= 11 is 0. The highest BCUT2D eigenvalue weighted by Gasteiger charge is 2.23. The Labute approximate surface area is 124 Å². The number of nitrogens with two attached hydrogens (primary N) is 1. The molecule has 1 aliphatic rings. The molecule has 0 atom stereocenters. The van der Waals surface area contributed by atoms with Gasteiger partial charge in [-0.05, 0) is 25.5 Å². The molecule has 7 heteroatoms. The molecule has 0 radical (unpaired) electrons. The summed E-state index contributed by atoms with van der Waals surface area (Å²) in [4.78, 5) is 15.2.